The van der Waals surface area contributed by atoms with Gasteiger partial charge >= 0.3 is 0 Å². The third kappa shape index (κ3) is 2.50. The van der Waals surface area contributed by atoms with Crippen LogP contribution in [-0.4, -0.2) is 34.8 Å². The van der Waals surface area contributed by atoms with Crippen molar-refractivity contribution in [2.45, 2.75) is 38.6 Å². The van der Waals surface area contributed by atoms with E-state index in [9.17, 15) is 4.79 Å². The Morgan fingerprint density at radius 1 is 1.30 bits per heavy atom. The molecule has 106 valence electrons. The Morgan fingerprint density at radius 2 is 2.05 bits per heavy atom. The van der Waals surface area contributed by atoms with Crippen LogP contribution in [0.1, 0.15) is 43.0 Å². The van der Waals surface area contributed by atoms with Crippen LogP contribution in [0.3, 0.4) is 0 Å². The van der Waals surface area contributed by atoms with E-state index in [1.807, 2.05) is 30.5 Å². The molecule has 1 aromatic carbocycles. The Morgan fingerprint density at radius 3 is 2.80 bits per heavy atom. The molecule has 1 aromatic heterocycles. The zero-order valence-electron chi connectivity index (χ0n) is 12.1. The van der Waals surface area contributed by atoms with Crippen LogP contribution in [0.25, 0.3) is 10.9 Å². The van der Waals surface area contributed by atoms with Gasteiger partial charge in [-0.1, -0.05) is 38.0 Å². The second kappa shape index (κ2) is 5.80. The van der Waals surface area contributed by atoms with Crippen LogP contribution in [-0.2, 0) is 0 Å². The molecule has 1 saturated carbocycles. The van der Waals surface area contributed by atoms with Gasteiger partial charge in [0.25, 0.3) is 0 Å². The fraction of sp³-hybridized carbons (Fsp3) is 0.471. The Kier molecular flexibility index (Phi) is 3.88. The van der Waals surface area contributed by atoms with Crippen LogP contribution in [0.5, 0.6) is 0 Å². The molecule has 0 amide bonds. The fourth-order valence-corrected chi connectivity index (χ4v) is 3.34. The topological polar surface area (TPSA) is 36.1 Å². The number of fused-ring (bicyclic) bond motifs is 1. The number of carbonyl (C=O) groups excluding carboxylic acids is 1. The predicted molar refractivity (Wildman–Crippen MR) is 82.1 cm³/mol. The van der Waals surface area contributed by atoms with E-state index < -0.39 is 0 Å². The van der Waals surface area contributed by atoms with Gasteiger partial charge in [0.2, 0.25) is 0 Å². The summed E-state index contributed by atoms with van der Waals surface area (Å²) in [4.78, 5) is 18.1. The number of aromatic amines is 1. The summed E-state index contributed by atoms with van der Waals surface area (Å²) in [6.45, 7) is 3.66. The van der Waals surface area contributed by atoms with E-state index in [4.69, 9.17) is 0 Å². The van der Waals surface area contributed by atoms with Gasteiger partial charge in [0.05, 0.1) is 6.54 Å². The van der Waals surface area contributed by atoms with Gasteiger partial charge in [-0.25, -0.2) is 0 Å². The third-order valence-corrected chi connectivity index (χ3v) is 4.48. The molecule has 0 saturated heterocycles. The number of likely N-dealkylation sites (N-methyl/N-ethyl adjacent to an activating group) is 1. The molecule has 1 aliphatic rings. The zero-order valence-corrected chi connectivity index (χ0v) is 12.1. The minimum atomic E-state index is 0.233. The lowest BCUT2D eigenvalue weighted by Crippen LogP contribution is -2.37. The third-order valence-electron chi connectivity index (χ3n) is 4.48. The number of ketones is 1. The first-order valence-electron chi connectivity index (χ1n) is 7.63. The van der Waals surface area contributed by atoms with Gasteiger partial charge in [-0.05, 0) is 25.5 Å². The fourth-order valence-electron chi connectivity index (χ4n) is 3.34. The number of nitrogens with one attached hydrogen (secondary N) is 1. The van der Waals surface area contributed by atoms with E-state index in [0.29, 0.717) is 12.6 Å². The summed E-state index contributed by atoms with van der Waals surface area (Å²) in [6, 6.07) is 8.62. The monoisotopic (exact) mass is 270 g/mol. The maximum Gasteiger partial charge on any atom is 0.178 e. The molecule has 0 atom stereocenters. The number of carbonyl (C=O) groups is 1. The largest absolute Gasteiger partial charge is 0.360 e. The molecule has 2 aromatic rings. The second-order valence-electron chi connectivity index (χ2n) is 5.67. The Bertz CT molecular complexity index is 596. The number of benzene rings is 1. The maximum absolute atomic E-state index is 12.6. The second-order valence-corrected chi connectivity index (χ2v) is 5.67. The summed E-state index contributed by atoms with van der Waals surface area (Å²) < 4.78 is 0. The number of rotatable bonds is 5. The SMILES string of the molecule is CCN(CC(=O)c1c[nH]c2ccccc12)C1CCCC1. The Balaban J connectivity index is 1.78. The van der Waals surface area contributed by atoms with Gasteiger partial charge < -0.3 is 4.98 Å². The first-order valence-corrected chi connectivity index (χ1v) is 7.63. The van der Waals surface area contributed by atoms with Crippen LogP contribution in [0, 0.1) is 0 Å². The minimum Gasteiger partial charge on any atom is -0.360 e. The van der Waals surface area contributed by atoms with E-state index in [0.717, 1.165) is 23.0 Å². The van der Waals surface area contributed by atoms with Crippen molar-refractivity contribution in [1.29, 1.82) is 0 Å². The molecule has 1 aliphatic carbocycles. The molecule has 0 unspecified atom stereocenters. The van der Waals surface area contributed by atoms with E-state index >= 15 is 0 Å². The first-order chi connectivity index (χ1) is 9.79. The van der Waals surface area contributed by atoms with E-state index in [-0.39, 0.29) is 5.78 Å². The van der Waals surface area contributed by atoms with Crippen molar-refractivity contribution in [3.8, 4) is 0 Å². The first kappa shape index (κ1) is 13.4. The molecule has 0 radical (unpaired) electrons. The molecular weight excluding hydrogens is 248 g/mol. The number of aromatic nitrogens is 1. The molecule has 20 heavy (non-hydrogen) atoms. The predicted octanol–water partition coefficient (Wildman–Crippen LogP) is 3.62. The number of H-pyrrole nitrogens is 1. The van der Waals surface area contributed by atoms with Crippen molar-refractivity contribution in [2.75, 3.05) is 13.1 Å². The van der Waals surface area contributed by atoms with Crippen molar-refractivity contribution in [3.05, 3.63) is 36.0 Å². The van der Waals surface area contributed by atoms with Crippen LogP contribution >= 0.6 is 0 Å². The number of para-hydroxylation sites is 1. The zero-order chi connectivity index (χ0) is 13.9. The molecule has 1 heterocycles. The van der Waals surface area contributed by atoms with Gasteiger partial charge in [-0.15, -0.1) is 0 Å². The average molecular weight is 270 g/mol. The van der Waals surface area contributed by atoms with Crippen molar-refractivity contribution in [3.63, 3.8) is 0 Å². The highest BCUT2D eigenvalue weighted by atomic mass is 16.1. The molecule has 3 nitrogen and oxygen atoms in total. The highest BCUT2D eigenvalue weighted by Crippen LogP contribution is 2.24. The summed E-state index contributed by atoms with van der Waals surface area (Å²) in [5, 5.41) is 1.04. The van der Waals surface area contributed by atoms with Gasteiger partial charge in [0.1, 0.15) is 0 Å². The molecule has 0 aliphatic heterocycles. The summed E-state index contributed by atoms with van der Waals surface area (Å²) in [7, 11) is 0. The molecule has 0 bridgehead atoms. The van der Waals surface area contributed by atoms with E-state index in [1.165, 1.54) is 25.7 Å². The summed E-state index contributed by atoms with van der Waals surface area (Å²) in [5.41, 5.74) is 1.87. The summed E-state index contributed by atoms with van der Waals surface area (Å²) >= 11 is 0. The quantitative estimate of drug-likeness (QED) is 0.842. The van der Waals surface area contributed by atoms with E-state index in [2.05, 4.69) is 16.8 Å². The molecule has 1 fully saturated rings. The van der Waals surface area contributed by atoms with Crippen LogP contribution in [0.4, 0.5) is 0 Å². The maximum atomic E-state index is 12.6. The Hall–Kier alpha value is -1.61. The molecular formula is C17H22N2O. The van der Waals surface area contributed by atoms with Crippen molar-refractivity contribution in [2.24, 2.45) is 0 Å². The normalized spacial score (nSPS) is 16.3. The van der Waals surface area contributed by atoms with Crippen LogP contribution in [0.15, 0.2) is 30.5 Å². The highest BCUT2D eigenvalue weighted by Gasteiger charge is 2.24. The molecule has 3 rings (SSSR count). The van der Waals surface area contributed by atoms with E-state index in [1.54, 1.807) is 0 Å². The number of Topliss-reactive ketones (excluding diaryl/α,β-unsaturated/α-hetero) is 1. The highest BCUT2D eigenvalue weighted by molar-refractivity contribution is 6.08. The lowest BCUT2D eigenvalue weighted by molar-refractivity contribution is 0.0901. The number of hydrogen-bond donors (Lipinski definition) is 1. The molecule has 1 N–H and O–H groups in total. The van der Waals surface area contributed by atoms with Gasteiger partial charge in [0, 0.05) is 28.7 Å². The van der Waals surface area contributed by atoms with Gasteiger partial charge in [0.15, 0.2) is 5.78 Å². The molecule has 3 heteroatoms. The minimum absolute atomic E-state index is 0.233. The van der Waals surface area contributed by atoms with Crippen molar-refractivity contribution in [1.82, 2.24) is 9.88 Å². The summed E-state index contributed by atoms with van der Waals surface area (Å²) in [6.07, 6.45) is 6.96. The smallest absolute Gasteiger partial charge is 0.178 e. The lowest BCUT2D eigenvalue weighted by atomic mass is 10.1. The Labute approximate surface area is 120 Å². The van der Waals surface area contributed by atoms with Crippen molar-refractivity contribution < 1.29 is 4.79 Å². The number of hydrogen-bond acceptors (Lipinski definition) is 2. The standard InChI is InChI=1S/C17H22N2O/c1-2-19(13-7-3-4-8-13)12-17(20)15-11-18-16-10-6-5-9-14(15)16/h5-6,9-11,13,18H,2-4,7-8,12H2,1H3. The lowest BCUT2D eigenvalue weighted by Gasteiger charge is -2.26. The number of nitrogens with zero attached hydrogens (tertiary/aromatic N) is 1. The molecule has 0 spiro atoms. The average Bonchev–Trinajstić information content (AvgIpc) is 3.13. The van der Waals surface area contributed by atoms with Crippen LogP contribution in [0.2, 0.25) is 0 Å². The van der Waals surface area contributed by atoms with Crippen molar-refractivity contribution >= 4 is 16.7 Å². The summed E-state index contributed by atoms with van der Waals surface area (Å²) in [5.74, 6) is 0.233. The van der Waals surface area contributed by atoms with Crippen LogP contribution < -0.4 is 0 Å². The van der Waals surface area contributed by atoms with Gasteiger partial charge in [-0.3, -0.25) is 9.69 Å². The van der Waals surface area contributed by atoms with Gasteiger partial charge in [-0.2, -0.15) is 0 Å².